The Balaban J connectivity index is 1.87. The molecule has 1 fully saturated rings. The zero-order valence-corrected chi connectivity index (χ0v) is 12.3. The minimum Gasteiger partial charge on any atom is -0.339 e. The number of nitrogens with one attached hydrogen (secondary N) is 1. The Labute approximate surface area is 128 Å². The topological polar surface area (TPSA) is 37.3 Å². The van der Waals surface area contributed by atoms with E-state index in [-0.39, 0.29) is 5.91 Å². The third-order valence-corrected chi connectivity index (χ3v) is 4.70. The van der Waals surface area contributed by atoms with Crippen LogP contribution in [0.5, 0.6) is 0 Å². The minimum atomic E-state index is -0.466. The van der Waals surface area contributed by atoms with Gasteiger partial charge in [-0.3, -0.25) is 10.1 Å². The highest BCUT2D eigenvalue weighted by molar-refractivity contribution is 6.30. The maximum Gasteiger partial charge on any atom is 0.272 e. The van der Waals surface area contributed by atoms with Gasteiger partial charge < -0.3 is 9.47 Å². The van der Waals surface area contributed by atoms with Crippen LogP contribution >= 0.6 is 11.6 Å². The van der Waals surface area contributed by atoms with Crippen molar-refractivity contribution in [2.75, 3.05) is 13.1 Å². The van der Waals surface area contributed by atoms with E-state index in [1.165, 1.54) is 0 Å². The lowest BCUT2D eigenvalue weighted by Crippen LogP contribution is -2.66. The molecule has 4 nitrogen and oxygen atoms in total. The molecule has 0 aliphatic carbocycles. The van der Waals surface area contributed by atoms with E-state index in [2.05, 4.69) is 5.32 Å². The third kappa shape index (κ3) is 1.83. The molecule has 108 valence electrons. The van der Waals surface area contributed by atoms with Gasteiger partial charge in [-0.2, -0.15) is 0 Å². The van der Waals surface area contributed by atoms with Gasteiger partial charge >= 0.3 is 0 Å². The molecule has 2 aliphatic rings. The second-order valence-electron chi connectivity index (χ2n) is 5.63. The van der Waals surface area contributed by atoms with Gasteiger partial charge in [0.15, 0.2) is 0 Å². The first-order valence-electron chi connectivity index (χ1n) is 7.19. The number of fused-ring (bicyclic) bond motifs is 2. The molecule has 4 rings (SSSR count). The third-order valence-electron chi connectivity index (χ3n) is 4.45. The van der Waals surface area contributed by atoms with Crippen LogP contribution in [-0.2, 0) is 12.2 Å². The molecule has 1 unspecified atom stereocenters. The summed E-state index contributed by atoms with van der Waals surface area (Å²) in [6, 6.07) is 11.6. The van der Waals surface area contributed by atoms with E-state index in [4.69, 9.17) is 11.6 Å². The van der Waals surface area contributed by atoms with Gasteiger partial charge in [0.25, 0.3) is 5.91 Å². The van der Waals surface area contributed by atoms with Crippen molar-refractivity contribution >= 4 is 17.5 Å². The summed E-state index contributed by atoms with van der Waals surface area (Å²) < 4.78 is 2.03. The molecule has 5 heteroatoms. The van der Waals surface area contributed by atoms with Gasteiger partial charge in [-0.05, 0) is 42.8 Å². The van der Waals surface area contributed by atoms with Crippen LogP contribution in [0.25, 0.3) is 0 Å². The first-order chi connectivity index (χ1) is 10.2. The van der Waals surface area contributed by atoms with Gasteiger partial charge in [-0.25, -0.2) is 0 Å². The summed E-state index contributed by atoms with van der Waals surface area (Å²) in [4.78, 5) is 14.8. The molecule has 1 N–H and O–H groups in total. The quantitative estimate of drug-likeness (QED) is 0.878. The van der Waals surface area contributed by atoms with Crippen molar-refractivity contribution in [3.8, 4) is 0 Å². The summed E-state index contributed by atoms with van der Waals surface area (Å²) in [5.74, 6) is 0.0911. The van der Waals surface area contributed by atoms with E-state index in [9.17, 15) is 4.79 Å². The van der Waals surface area contributed by atoms with Crippen molar-refractivity contribution < 1.29 is 4.79 Å². The van der Waals surface area contributed by atoms with Crippen molar-refractivity contribution in [1.82, 2.24) is 14.8 Å². The molecule has 1 aromatic heterocycles. The van der Waals surface area contributed by atoms with Crippen LogP contribution in [0.4, 0.5) is 0 Å². The molecule has 1 atom stereocenters. The highest BCUT2D eigenvalue weighted by Gasteiger charge is 2.47. The monoisotopic (exact) mass is 301 g/mol. The average Bonchev–Trinajstić information content (AvgIpc) is 2.96. The normalized spacial score (nSPS) is 24.6. The predicted molar refractivity (Wildman–Crippen MR) is 81.2 cm³/mol. The van der Waals surface area contributed by atoms with Gasteiger partial charge in [-0.1, -0.05) is 23.7 Å². The second-order valence-corrected chi connectivity index (χ2v) is 6.06. The molecular formula is C16H16ClN3O. The van der Waals surface area contributed by atoms with Gasteiger partial charge in [0, 0.05) is 17.8 Å². The van der Waals surface area contributed by atoms with Crippen molar-refractivity contribution in [3.05, 3.63) is 58.9 Å². The Morgan fingerprint density at radius 1 is 1.19 bits per heavy atom. The lowest BCUT2D eigenvalue weighted by atomic mass is 9.92. The number of nitrogens with zero attached hydrogens (tertiary/aromatic N) is 2. The van der Waals surface area contributed by atoms with E-state index in [0.717, 1.165) is 37.3 Å². The van der Waals surface area contributed by atoms with Crippen LogP contribution in [-0.4, -0.2) is 28.5 Å². The molecule has 1 aromatic carbocycles. The molecule has 0 bridgehead atoms. The summed E-state index contributed by atoms with van der Waals surface area (Å²) in [6.45, 7) is 2.41. The number of aromatic nitrogens is 1. The minimum absolute atomic E-state index is 0.0911. The molecule has 21 heavy (non-hydrogen) atoms. The van der Waals surface area contributed by atoms with Crippen LogP contribution in [0, 0.1) is 0 Å². The number of amides is 1. The van der Waals surface area contributed by atoms with Gasteiger partial charge in [0.05, 0.1) is 6.54 Å². The predicted octanol–water partition coefficient (Wildman–Crippen LogP) is 2.44. The second kappa shape index (κ2) is 4.61. The van der Waals surface area contributed by atoms with Crippen molar-refractivity contribution in [3.63, 3.8) is 0 Å². The van der Waals surface area contributed by atoms with Crippen LogP contribution in [0.3, 0.4) is 0 Å². The van der Waals surface area contributed by atoms with Crippen molar-refractivity contribution in [2.24, 2.45) is 0 Å². The first-order valence-corrected chi connectivity index (χ1v) is 7.57. The number of rotatable bonds is 1. The number of hydrogen-bond acceptors (Lipinski definition) is 2. The molecule has 0 spiro atoms. The average molecular weight is 302 g/mol. The lowest BCUT2D eigenvalue weighted by Gasteiger charge is -2.51. The van der Waals surface area contributed by atoms with E-state index >= 15 is 0 Å². The molecule has 2 aromatic rings. The fourth-order valence-electron chi connectivity index (χ4n) is 3.44. The molecule has 0 radical (unpaired) electrons. The summed E-state index contributed by atoms with van der Waals surface area (Å²) in [6.07, 6.45) is 2.94. The molecule has 1 saturated heterocycles. The van der Waals surface area contributed by atoms with E-state index < -0.39 is 5.66 Å². The fraction of sp³-hybridized carbons (Fsp3) is 0.312. The number of hydrogen-bond donors (Lipinski definition) is 1. The Kier molecular flexibility index (Phi) is 2.84. The summed E-state index contributed by atoms with van der Waals surface area (Å²) in [7, 11) is 0. The summed E-state index contributed by atoms with van der Waals surface area (Å²) in [5.41, 5.74) is 1.38. The Hall–Kier alpha value is -1.78. The van der Waals surface area contributed by atoms with Crippen LogP contribution < -0.4 is 5.32 Å². The summed E-state index contributed by atoms with van der Waals surface area (Å²) >= 11 is 6.01. The number of carbonyl (C=O) groups excluding carboxylic acids is 1. The molecule has 3 heterocycles. The standard InChI is InChI=1S/C16H16ClN3O/c17-13-6-4-12(5-7-13)16-11-19-9-1-3-14(19)15(21)20(16)10-2-8-18-16/h1,3-7,9,18H,2,8,10-11H2. The van der Waals surface area contributed by atoms with Gasteiger partial charge in [0.1, 0.15) is 11.4 Å². The van der Waals surface area contributed by atoms with Gasteiger partial charge in [-0.15, -0.1) is 0 Å². The van der Waals surface area contributed by atoms with E-state index in [0.29, 0.717) is 5.02 Å². The largest absolute Gasteiger partial charge is 0.339 e. The molecule has 0 saturated carbocycles. The van der Waals surface area contributed by atoms with Crippen molar-refractivity contribution in [1.29, 1.82) is 0 Å². The zero-order chi connectivity index (χ0) is 14.4. The van der Waals surface area contributed by atoms with E-state index in [1.54, 1.807) is 0 Å². The molecule has 1 amide bonds. The van der Waals surface area contributed by atoms with Crippen LogP contribution in [0.15, 0.2) is 42.6 Å². The van der Waals surface area contributed by atoms with E-state index in [1.807, 2.05) is 52.1 Å². The number of benzene rings is 1. The highest BCUT2D eigenvalue weighted by atomic mass is 35.5. The Morgan fingerprint density at radius 2 is 2.00 bits per heavy atom. The van der Waals surface area contributed by atoms with Crippen LogP contribution in [0.2, 0.25) is 5.02 Å². The first kappa shape index (κ1) is 12.9. The van der Waals surface area contributed by atoms with Gasteiger partial charge in [0.2, 0.25) is 0 Å². The molecule has 2 aliphatic heterocycles. The SMILES string of the molecule is O=C1c2cccn2CC2(c3ccc(Cl)cc3)NCCCN12. The lowest BCUT2D eigenvalue weighted by molar-refractivity contribution is -0.00106. The van der Waals surface area contributed by atoms with Crippen molar-refractivity contribution in [2.45, 2.75) is 18.6 Å². The molecular weight excluding hydrogens is 286 g/mol. The zero-order valence-electron chi connectivity index (χ0n) is 11.6. The number of carbonyl (C=O) groups is 1. The summed E-state index contributed by atoms with van der Waals surface area (Å²) in [5, 5.41) is 4.28. The maximum absolute atomic E-state index is 12.8. The Bertz CT molecular complexity index is 694. The smallest absolute Gasteiger partial charge is 0.272 e. The fourth-order valence-corrected chi connectivity index (χ4v) is 3.57. The maximum atomic E-state index is 12.8. The van der Waals surface area contributed by atoms with Crippen LogP contribution in [0.1, 0.15) is 22.5 Å². The highest BCUT2D eigenvalue weighted by Crippen LogP contribution is 2.36. The Morgan fingerprint density at radius 3 is 2.81 bits per heavy atom. The number of halogens is 1.